The summed E-state index contributed by atoms with van der Waals surface area (Å²) in [6.07, 6.45) is 0.670. The molecule has 3 N–H and O–H groups in total. The van der Waals surface area contributed by atoms with Crippen molar-refractivity contribution in [2.45, 2.75) is 46.2 Å². The number of aromatic nitrogens is 1. The van der Waals surface area contributed by atoms with Crippen LogP contribution in [-0.2, 0) is 4.79 Å². The number of carbonyl (C=O) groups is 1. The lowest BCUT2D eigenvalue weighted by Crippen LogP contribution is -2.42. The fourth-order valence-corrected chi connectivity index (χ4v) is 1.89. The number of aryl methyl sites for hydroxylation is 2. The van der Waals surface area contributed by atoms with Crippen molar-refractivity contribution >= 4 is 5.91 Å². The summed E-state index contributed by atoms with van der Waals surface area (Å²) in [7, 11) is 0. The minimum atomic E-state index is -0.332. The average molecular weight is 225 g/mol. The number of nitrogens with one attached hydrogen (secondary N) is 1. The molecule has 1 aromatic heterocycles. The highest BCUT2D eigenvalue weighted by Crippen LogP contribution is 2.21. The third-order valence-electron chi connectivity index (χ3n) is 2.72. The van der Waals surface area contributed by atoms with Gasteiger partial charge in [-0.25, -0.2) is 0 Å². The van der Waals surface area contributed by atoms with Gasteiger partial charge in [-0.2, -0.15) is 0 Å². The van der Waals surface area contributed by atoms with Gasteiger partial charge < -0.3 is 10.3 Å². The number of amides is 1. The van der Waals surface area contributed by atoms with E-state index >= 15 is 0 Å². The molecule has 1 heterocycles. The van der Waals surface area contributed by atoms with E-state index < -0.39 is 0 Å². The molecule has 0 aliphatic rings. The maximum Gasteiger partial charge on any atom is 0.234 e. The maximum atomic E-state index is 11.1. The number of carbonyl (C=O) groups excluding carboxylic acids is 1. The highest BCUT2D eigenvalue weighted by molar-refractivity contribution is 5.79. The quantitative estimate of drug-likeness (QED) is 0.789. The van der Waals surface area contributed by atoms with Crippen LogP contribution in [0.3, 0.4) is 0 Å². The van der Waals surface area contributed by atoms with Crippen molar-refractivity contribution in [1.29, 1.82) is 0 Å². The van der Waals surface area contributed by atoms with Crippen LogP contribution in [0.25, 0.3) is 0 Å². The molecule has 0 aliphatic heterocycles. The fourth-order valence-electron chi connectivity index (χ4n) is 1.89. The minimum absolute atomic E-state index is 0.00343. The van der Waals surface area contributed by atoms with Crippen LogP contribution in [-0.4, -0.2) is 17.1 Å². The predicted molar refractivity (Wildman–Crippen MR) is 60.8 cm³/mol. The Labute approximate surface area is 95.4 Å². The van der Waals surface area contributed by atoms with Crippen LogP contribution in [0.1, 0.15) is 43.3 Å². The monoisotopic (exact) mass is 225 g/mol. The van der Waals surface area contributed by atoms with Crippen LogP contribution < -0.4 is 11.1 Å². The number of primary amides is 1. The van der Waals surface area contributed by atoms with Gasteiger partial charge in [0.05, 0.1) is 11.7 Å². The first-order chi connectivity index (χ1) is 7.47. The molecule has 2 unspecified atom stereocenters. The molecule has 5 heteroatoms. The van der Waals surface area contributed by atoms with Gasteiger partial charge in [0.15, 0.2) is 0 Å². The number of hydrogen-bond acceptors (Lipinski definition) is 4. The summed E-state index contributed by atoms with van der Waals surface area (Å²) in [5.41, 5.74) is 7.13. The molecule has 0 bridgehead atoms. The van der Waals surface area contributed by atoms with Crippen LogP contribution in [0.15, 0.2) is 4.52 Å². The van der Waals surface area contributed by atoms with E-state index in [9.17, 15) is 4.79 Å². The second-order valence-electron chi connectivity index (χ2n) is 3.99. The van der Waals surface area contributed by atoms with Gasteiger partial charge in [-0.05, 0) is 27.2 Å². The molecule has 0 saturated carbocycles. The number of rotatable bonds is 5. The van der Waals surface area contributed by atoms with E-state index in [-0.39, 0.29) is 18.0 Å². The molecular formula is C11H19N3O2. The van der Waals surface area contributed by atoms with Crippen molar-refractivity contribution in [3.05, 3.63) is 17.0 Å². The number of hydrogen-bond donors (Lipinski definition) is 2. The van der Waals surface area contributed by atoms with Gasteiger partial charge in [-0.1, -0.05) is 12.1 Å². The number of nitrogens with zero attached hydrogens (tertiary/aromatic N) is 1. The molecule has 0 radical (unpaired) electrons. The van der Waals surface area contributed by atoms with Crippen molar-refractivity contribution < 1.29 is 9.32 Å². The minimum Gasteiger partial charge on any atom is -0.368 e. The van der Waals surface area contributed by atoms with Crippen molar-refractivity contribution in [2.75, 3.05) is 0 Å². The third-order valence-corrected chi connectivity index (χ3v) is 2.72. The van der Waals surface area contributed by atoms with Crippen molar-refractivity contribution in [3.63, 3.8) is 0 Å². The smallest absolute Gasteiger partial charge is 0.234 e. The van der Waals surface area contributed by atoms with Gasteiger partial charge in [-0.3, -0.25) is 10.1 Å². The van der Waals surface area contributed by atoms with Gasteiger partial charge in [-0.15, -0.1) is 0 Å². The van der Waals surface area contributed by atoms with Crippen molar-refractivity contribution in [3.8, 4) is 0 Å². The van der Waals surface area contributed by atoms with Crippen LogP contribution in [0.4, 0.5) is 0 Å². The molecular weight excluding hydrogens is 206 g/mol. The van der Waals surface area contributed by atoms with E-state index in [1.165, 1.54) is 0 Å². The molecule has 1 aromatic rings. The van der Waals surface area contributed by atoms with Gasteiger partial charge in [0.25, 0.3) is 0 Å². The molecule has 1 rings (SSSR count). The van der Waals surface area contributed by atoms with E-state index in [1.807, 2.05) is 27.7 Å². The highest BCUT2D eigenvalue weighted by atomic mass is 16.5. The molecule has 0 spiro atoms. The lowest BCUT2D eigenvalue weighted by molar-refractivity contribution is -0.120. The third kappa shape index (κ3) is 2.61. The molecule has 2 atom stereocenters. The van der Waals surface area contributed by atoms with E-state index in [0.29, 0.717) is 6.42 Å². The molecule has 16 heavy (non-hydrogen) atoms. The Morgan fingerprint density at radius 3 is 2.56 bits per heavy atom. The van der Waals surface area contributed by atoms with E-state index in [0.717, 1.165) is 17.0 Å². The Hall–Kier alpha value is -1.36. The predicted octanol–water partition coefficient (Wildman–Crippen LogP) is 1.21. The van der Waals surface area contributed by atoms with Gasteiger partial charge in [0.1, 0.15) is 5.76 Å². The molecule has 1 amide bonds. The summed E-state index contributed by atoms with van der Waals surface area (Å²) in [6.45, 7) is 7.63. The van der Waals surface area contributed by atoms with Gasteiger partial charge in [0.2, 0.25) is 5.91 Å². The standard InChI is InChI=1S/C11H19N3O2/c1-5-9(11(12)15)13-6(2)10-7(3)14-16-8(10)4/h6,9,13H,5H2,1-4H3,(H2,12,15). The van der Waals surface area contributed by atoms with Gasteiger partial charge >= 0.3 is 0 Å². The Morgan fingerprint density at radius 1 is 1.56 bits per heavy atom. The van der Waals surface area contributed by atoms with E-state index in [4.69, 9.17) is 10.3 Å². The van der Waals surface area contributed by atoms with Gasteiger partial charge in [0, 0.05) is 11.6 Å². The summed E-state index contributed by atoms with van der Waals surface area (Å²) < 4.78 is 5.09. The second-order valence-corrected chi connectivity index (χ2v) is 3.99. The molecule has 0 fully saturated rings. The lowest BCUT2D eigenvalue weighted by Gasteiger charge is -2.19. The molecule has 0 aliphatic carbocycles. The average Bonchev–Trinajstić information content (AvgIpc) is 2.54. The molecule has 90 valence electrons. The lowest BCUT2D eigenvalue weighted by atomic mass is 10.1. The SMILES string of the molecule is CCC(NC(C)c1c(C)noc1C)C(N)=O. The Balaban J connectivity index is 2.79. The summed E-state index contributed by atoms with van der Waals surface area (Å²) in [4.78, 5) is 11.1. The first kappa shape index (κ1) is 12.7. The summed E-state index contributed by atoms with van der Waals surface area (Å²) in [5, 5.41) is 7.06. The molecule has 5 nitrogen and oxygen atoms in total. The van der Waals surface area contributed by atoms with Crippen molar-refractivity contribution in [1.82, 2.24) is 10.5 Å². The Morgan fingerprint density at radius 2 is 2.19 bits per heavy atom. The zero-order valence-corrected chi connectivity index (χ0v) is 10.2. The summed E-state index contributed by atoms with van der Waals surface area (Å²) >= 11 is 0. The Bertz CT molecular complexity index is 354. The zero-order chi connectivity index (χ0) is 12.3. The van der Waals surface area contributed by atoms with Crippen LogP contribution in [0, 0.1) is 13.8 Å². The maximum absolute atomic E-state index is 11.1. The highest BCUT2D eigenvalue weighted by Gasteiger charge is 2.21. The zero-order valence-electron chi connectivity index (χ0n) is 10.2. The van der Waals surface area contributed by atoms with E-state index in [2.05, 4.69) is 10.5 Å². The molecule has 0 aromatic carbocycles. The first-order valence-electron chi connectivity index (χ1n) is 5.45. The second kappa shape index (κ2) is 5.12. The normalized spacial score (nSPS) is 14.8. The molecule has 0 saturated heterocycles. The largest absolute Gasteiger partial charge is 0.368 e. The van der Waals surface area contributed by atoms with E-state index in [1.54, 1.807) is 0 Å². The topological polar surface area (TPSA) is 81.2 Å². The fraction of sp³-hybridized carbons (Fsp3) is 0.636. The first-order valence-corrected chi connectivity index (χ1v) is 5.45. The van der Waals surface area contributed by atoms with Crippen LogP contribution in [0.2, 0.25) is 0 Å². The summed E-state index contributed by atoms with van der Waals surface area (Å²) in [6, 6.07) is -0.313. The van der Waals surface area contributed by atoms with Crippen LogP contribution >= 0.6 is 0 Å². The van der Waals surface area contributed by atoms with Crippen molar-refractivity contribution in [2.24, 2.45) is 5.73 Å². The van der Waals surface area contributed by atoms with Crippen LogP contribution in [0.5, 0.6) is 0 Å². The number of nitrogens with two attached hydrogens (primary N) is 1. The summed E-state index contributed by atoms with van der Waals surface area (Å²) in [5.74, 6) is 0.443. The Kier molecular flexibility index (Phi) is 4.06.